The third-order valence-corrected chi connectivity index (χ3v) is 4.18. The number of nitro groups is 1. The fourth-order valence-corrected chi connectivity index (χ4v) is 2.82. The molecule has 124 valence electrons. The highest BCUT2D eigenvalue weighted by Crippen LogP contribution is 2.25. The second-order valence-electron chi connectivity index (χ2n) is 5.78. The van der Waals surface area contributed by atoms with Crippen LogP contribution in [0.3, 0.4) is 0 Å². The quantitative estimate of drug-likeness (QED) is 0.642. The Morgan fingerprint density at radius 3 is 2.71 bits per heavy atom. The molecule has 6 nitrogen and oxygen atoms in total. The van der Waals surface area contributed by atoms with Crippen LogP contribution in [0.25, 0.3) is 0 Å². The summed E-state index contributed by atoms with van der Waals surface area (Å²) in [5.74, 6) is -0.206. The minimum absolute atomic E-state index is 0.0336. The average molecular weight is 326 g/mol. The third kappa shape index (κ3) is 3.28. The van der Waals surface area contributed by atoms with Gasteiger partial charge >= 0.3 is 0 Å². The van der Waals surface area contributed by atoms with E-state index in [4.69, 9.17) is 4.74 Å². The number of carbonyl (C=O) groups is 1. The molecule has 0 aromatic heterocycles. The van der Waals surface area contributed by atoms with Crippen molar-refractivity contribution < 1.29 is 14.5 Å². The molecule has 2 aromatic rings. The fraction of sp³-hybridized carbons (Fsp3) is 0.278. The number of amides is 1. The fourth-order valence-electron chi connectivity index (χ4n) is 2.82. The molecule has 2 aromatic carbocycles. The predicted molar refractivity (Wildman–Crippen MR) is 88.9 cm³/mol. The molecule has 0 aliphatic carbocycles. The summed E-state index contributed by atoms with van der Waals surface area (Å²) in [6.07, 6.45) is -0.177. The Balaban J connectivity index is 1.80. The van der Waals surface area contributed by atoms with E-state index in [1.54, 1.807) is 24.0 Å². The van der Waals surface area contributed by atoms with Crippen molar-refractivity contribution in [2.24, 2.45) is 0 Å². The van der Waals surface area contributed by atoms with Crippen LogP contribution in [0.15, 0.2) is 48.5 Å². The van der Waals surface area contributed by atoms with E-state index >= 15 is 0 Å². The van der Waals surface area contributed by atoms with E-state index in [9.17, 15) is 14.9 Å². The van der Waals surface area contributed by atoms with Crippen LogP contribution in [0.4, 0.5) is 5.69 Å². The van der Waals surface area contributed by atoms with Crippen LogP contribution in [-0.4, -0.2) is 35.4 Å². The highest BCUT2D eigenvalue weighted by molar-refractivity contribution is 5.95. The molecule has 1 atom stereocenters. The SMILES string of the molecule is Cc1ccc(C(=O)N2CCOC(c3ccccc3)C2)cc1[N+](=O)[O-]. The maximum atomic E-state index is 12.7. The number of ether oxygens (including phenoxy) is 1. The van der Waals surface area contributed by atoms with Gasteiger partial charge in [-0.25, -0.2) is 0 Å². The molecule has 1 amide bonds. The van der Waals surface area contributed by atoms with Gasteiger partial charge < -0.3 is 9.64 Å². The van der Waals surface area contributed by atoms with Crippen molar-refractivity contribution in [3.05, 3.63) is 75.3 Å². The smallest absolute Gasteiger partial charge is 0.273 e. The Kier molecular flexibility index (Phi) is 4.57. The molecule has 1 aliphatic heterocycles. The first-order chi connectivity index (χ1) is 11.6. The summed E-state index contributed by atoms with van der Waals surface area (Å²) in [6, 6.07) is 14.3. The summed E-state index contributed by atoms with van der Waals surface area (Å²) >= 11 is 0. The highest BCUT2D eigenvalue weighted by Gasteiger charge is 2.27. The number of carbonyl (C=O) groups excluding carboxylic acids is 1. The molecule has 1 unspecified atom stereocenters. The molecule has 1 aliphatic rings. The summed E-state index contributed by atoms with van der Waals surface area (Å²) in [7, 11) is 0. The van der Waals surface area contributed by atoms with Crippen molar-refractivity contribution in [2.75, 3.05) is 19.7 Å². The predicted octanol–water partition coefficient (Wildman–Crippen LogP) is 3.12. The summed E-state index contributed by atoms with van der Waals surface area (Å²) < 4.78 is 5.76. The lowest BCUT2D eigenvalue weighted by molar-refractivity contribution is -0.385. The van der Waals surface area contributed by atoms with Gasteiger partial charge in [-0.15, -0.1) is 0 Å². The molecule has 0 saturated carbocycles. The molecular weight excluding hydrogens is 308 g/mol. The second-order valence-corrected chi connectivity index (χ2v) is 5.78. The maximum absolute atomic E-state index is 12.7. The summed E-state index contributed by atoms with van der Waals surface area (Å²) in [4.78, 5) is 25.0. The zero-order chi connectivity index (χ0) is 17.1. The number of rotatable bonds is 3. The summed E-state index contributed by atoms with van der Waals surface area (Å²) in [6.45, 7) is 3.01. The summed E-state index contributed by atoms with van der Waals surface area (Å²) in [5, 5.41) is 11.1. The first kappa shape index (κ1) is 16.1. The van der Waals surface area contributed by atoms with Gasteiger partial charge in [0.1, 0.15) is 6.10 Å². The lowest BCUT2D eigenvalue weighted by atomic mass is 10.1. The third-order valence-electron chi connectivity index (χ3n) is 4.18. The Bertz CT molecular complexity index is 761. The van der Waals surface area contributed by atoms with Crippen molar-refractivity contribution >= 4 is 11.6 Å². The van der Waals surface area contributed by atoms with E-state index in [2.05, 4.69) is 0 Å². The largest absolute Gasteiger partial charge is 0.370 e. The standard InChI is InChI=1S/C18H18N2O4/c1-13-7-8-15(11-16(13)20(22)23)18(21)19-9-10-24-17(12-19)14-5-3-2-4-6-14/h2-8,11,17H,9-10,12H2,1H3. The minimum atomic E-state index is -0.460. The number of benzene rings is 2. The zero-order valence-electron chi connectivity index (χ0n) is 13.3. The molecule has 0 radical (unpaired) electrons. The molecule has 3 rings (SSSR count). The van der Waals surface area contributed by atoms with E-state index in [0.29, 0.717) is 30.8 Å². The van der Waals surface area contributed by atoms with Gasteiger partial charge in [-0.2, -0.15) is 0 Å². The summed E-state index contributed by atoms with van der Waals surface area (Å²) in [5.41, 5.74) is 1.86. The highest BCUT2D eigenvalue weighted by atomic mass is 16.6. The number of morpholine rings is 1. The van der Waals surface area contributed by atoms with Crippen molar-refractivity contribution in [3.63, 3.8) is 0 Å². The Morgan fingerprint density at radius 2 is 2.00 bits per heavy atom. The van der Waals surface area contributed by atoms with Crippen LogP contribution in [0, 0.1) is 17.0 Å². The molecule has 6 heteroatoms. The number of nitro benzene ring substituents is 1. The number of hydrogen-bond donors (Lipinski definition) is 0. The Hall–Kier alpha value is -2.73. The van der Waals surface area contributed by atoms with Crippen LogP contribution in [-0.2, 0) is 4.74 Å². The molecule has 24 heavy (non-hydrogen) atoms. The van der Waals surface area contributed by atoms with Crippen LogP contribution in [0.5, 0.6) is 0 Å². The molecule has 1 heterocycles. The molecule has 0 bridgehead atoms. The monoisotopic (exact) mass is 326 g/mol. The van der Waals surface area contributed by atoms with E-state index in [0.717, 1.165) is 5.56 Å². The molecule has 1 saturated heterocycles. The zero-order valence-corrected chi connectivity index (χ0v) is 13.3. The van der Waals surface area contributed by atoms with Crippen molar-refractivity contribution in [1.29, 1.82) is 0 Å². The van der Waals surface area contributed by atoms with Gasteiger partial charge in [0.15, 0.2) is 0 Å². The topological polar surface area (TPSA) is 72.7 Å². The first-order valence-electron chi connectivity index (χ1n) is 7.77. The van der Waals surface area contributed by atoms with Gasteiger partial charge in [-0.05, 0) is 18.6 Å². The van der Waals surface area contributed by atoms with E-state index in [1.165, 1.54) is 6.07 Å². The second kappa shape index (κ2) is 6.80. The van der Waals surface area contributed by atoms with E-state index in [1.807, 2.05) is 30.3 Å². The number of nitrogens with zero attached hydrogens (tertiary/aromatic N) is 2. The average Bonchev–Trinajstić information content (AvgIpc) is 2.62. The number of hydrogen-bond acceptors (Lipinski definition) is 4. The van der Waals surface area contributed by atoms with Crippen LogP contribution in [0.2, 0.25) is 0 Å². The van der Waals surface area contributed by atoms with Gasteiger partial charge in [0.05, 0.1) is 18.1 Å². The van der Waals surface area contributed by atoms with E-state index < -0.39 is 4.92 Å². The van der Waals surface area contributed by atoms with Gasteiger partial charge in [0, 0.05) is 23.7 Å². The molecule has 1 fully saturated rings. The van der Waals surface area contributed by atoms with Gasteiger partial charge in [0.2, 0.25) is 0 Å². The maximum Gasteiger partial charge on any atom is 0.273 e. The van der Waals surface area contributed by atoms with Gasteiger partial charge in [-0.3, -0.25) is 14.9 Å². The number of aryl methyl sites for hydroxylation is 1. The first-order valence-corrected chi connectivity index (χ1v) is 7.77. The molecular formula is C18H18N2O4. The lowest BCUT2D eigenvalue weighted by Crippen LogP contribution is -2.42. The molecule has 0 N–H and O–H groups in total. The van der Waals surface area contributed by atoms with Crippen molar-refractivity contribution in [3.8, 4) is 0 Å². The Labute approximate surface area is 139 Å². The van der Waals surface area contributed by atoms with Crippen molar-refractivity contribution in [1.82, 2.24) is 4.90 Å². The van der Waals surface area contributed by atoms with Crippen LogP contribution < -0.4 is 0 Å². The van der Waals surface area contributed by atoms with Gasteiger partial charge in [-0.1, -0.05) is 36.4 Å². The van der Waals surface area contributed by atoms with Gasteiger partial charge in [0.25, 0.3) is 11.6 Å². The van der Waals surface area contributed by atoms with Crippen LogP contribution >= 0.6 is 0 Å². The Morgan fingerprint density at radius 1 is 1.25 bits per heavy atom. The lowest BCUT2D eigenvalue weighted by Gasteiger charge is -2.33. The van der Waals surface area contributed by atoms with E-state index in [-0.39, 0.29) is 17.7 Å². The van der Waals surface area contributed by atoms with Crippen molar-refractivity contribution in [2.45, 2.75) is 13.0 Å². The molecule has 0 spiro atoms. The minimum Gasteiger partial charge on any atom is -0.370 e. The normalized spacial score (nSPS) is 17.5. The van der Waals surface area contributed by atoms with Crippen LogP contribution in [0.1, 0.15) is 27.6 Å².